The predicted octanol–water partition coefficient (Wildman–Crippen LogP) is 8.42. The number of rotatable bonds is 21. The first-order valence-corrected chi connectivity index (χ1v) is 19.4. The molecule has 0 atom stereocenters. The maximum atomic E-state index is 6.09. The van der Waals surface area contributed by atoms with Crippen molar-refractivity contribution in [3.63, 3.8) is 0 Å². The molecule has 0 bridgehead atoms. The van der Waals surface area contributed by atoms with Gasteiger partial charge in [-0.05, 0) is 66.2 Å². The van der Waals surface area contributed by atoms with Crippen LogP contribution in [0.3, 0.4) is 0 Å². The number of methoxy groups -OCH3 is 5. The minimum atomic E-state index is 0.400. The molecule has 0 aliphatic rings. The number of aromatic nitrogens is 4. The standard InChI is InChI=1S/C25H25N3O4.C21H25N3O5/c1-29-12-13-31-23-14-21-22(15-24(23)32-16-18-6-4-3-5-7-18)26-17-27-25(21)28-19-8-10-20(30-2)11-9-19;1-25-8-10-28-19-12-17-18(13-20(19)29-11-9-26-2)22-14-23-21(17)24-15-4-6-16(27-3)7-5-15/h3-11,14-15,17H,12-13,16H2,1-2H3,(H,26,27,28);4-7,12-14H,8-11H2,1-3H3,(H,22,23,24). The van der Waals surface area contributed by atoms with E-state index in [1.54, 1.807) is 35.5 Å². The number of ether oxygens (including phenoxy) is 9. The second-order valence-electron chi connectivity index (χ2n) is 13.1. The van der Waals surface area contributed by atoms with Crippen molar-refractivity contribution in [2.45, 2.75) is 6.61 Å². The van der Waals surface area contributed by atoms with Crippen LogP contribution in [0, 0.1) is 0 Å². The second-order valence-corrected chi connectivity index (χ2v) is 13.1. The minimum Gasteiger partial charge on any atom is -0.497 e. The third kappa shape index (κ3) is 12.5. The lowest BCUT2D eigenvalue weighted by molar-refractivity contribution is 0.132. The van der Waals surface area contributed by atoms with Gasteiger partial charge in [0.25, 0.3) is 0 Å². The number of nitrogens with one attached hydrogen (secondary N) is 2. The van der Waals surface area contributed by atoms with E-state index in [4.69, 9.17) is 42.6 Å². The number of hydrogen-bond acceptors (Lipinski definition) is 15. The minimum absolute atomic E-state index is 0.400. The van der Waals surface area contributed by atoms with Crippen LogP contribution in [0.5, 0.6) is 34.5 Å². The average Bonchev–Trinajstić information content (AvgIpc) is 3.30. The van der Waals surface area contributed by atoms with Gasteiger partial charge in [0.1, 0.15) is 62.2 Å². The number of benzene rings is 5. The van der Waals surface area contributed by atoms with Crippen LogP contribution >= 0.6 is 0 Å². The van der Waals surface area contributed by atoms with Gasteiger partial charge in [0, 0.05) is 55.6 Å². The molecule has 318 valence electrons. The summed E-state index contributed by atoms with van der Waals surface area (Å²) in [4.78, 5) is 17.6. The Labute approximate surface area is 354 Å². The molecule has 0 saturated heterocycles. The van der Waals surface area contributed by atoms with Gasteiger partial charge in [-0.2, -0.15) is 0 Å². The Balaban J connectivity index is 0.000000205. The van der Waals surface area contributed by atoms with E-state index in [1.165, 1.54) is 12.7 Å². The maximum absolute atomic E-state index is 6.09. The molecule has 7 rings (SSSR count). The molecule has 0 amide bonds. The number of nitrogens with zero attached hydrogens (tertiary/aromatic N) is 4. The van der Waals surface area contributed by atoms with Gasteiger partial charge in [0.05, 0.1) is 45.1 Å². The lowest BCUT2D eigenvalue weighted by Gasteiger charge is -2.15. The molecule has 5 aromatic carbocycles. The summed E-state index contributed by atoms with van der Waals surface area (Å²) in [6.45, 7) is 3.05. The fraction of sp³-hybridized carbons (Fsp3) is 0.261. The molecular formula is C46H50N6O9. The SMILES string of the molecule is COCCOc1cc2c(Nc3ccc(OC)cc3)ncnc2cc1OCc1ccccc1.COCCOc1cc2ncnc(Nc3ccc(OC)cc3)c2cc1OCCOC. The normalized spacial score (nSPS) is 10.7. The summed E-state index contributed by atoms with van der Waals surface area (Å²) in [5, 5.41) is 8.30. The Bertz CT molecular complexity index is 2410. The van der Waals surface area contributed by atoms with E-state index >= 15 is 0 Å². The molecule has 2 heterocycles. The molecular weight excluding hydrogens is 781 g/mol. The van der Waals surface area contributed by atoms with Gasteiger partial charge in [-0.25, -0.2) is 19.9 Å². The first-order chi connectivity index (χ1) is 30.0. The molecule has 0 unspecified atom stereocenters. The zero-order valence-electron chi connectivity index (χ0n) is 34.9. The van der Waals surface area contributed by atoms with Crippen LogP contribution in [0.4, 0.5) is 23.0 Å². The molecule has 0 fully saturated rings. The van der Waals surface area contributed by atoms with Crippen LogP contribution in [-0.4, -0.2) is 95.1 Å². The highest BCUT2D eigenvalue weighted by Crippen LogP contribution is 2.37. The molecule has 0 saturated carbocycles. The summed E-state index contributed by atoms with van der Waals surface area (Å²) < 4.78 is 49.4. The van der Waals surface area contributed by atoms with Crippen molar-refractivity contribution in [2.75, 3.05) is 85.8 Å². The van der Waals surface area contributed by atoms with Crippen molar-refractivity contribution < 1.29 is 42.6 Å². The van der Waals surface area contributed by atoms with Crippen LogP contribution in [-0.2, 0) is 20.8 Å². The summed E-state index contributed by atoms with van der Waals surface area (Å²) in [7, 11) is 8.18. The summed E-state index contributed by atoms with van der Waals surface area (Å²) in [5.41, 5.74) is 4.32. The zero-order chi connectivity index (χ0) is 42.7. The first kappa shape index (κ1) is 43.6. The highest BCUT2D eigenvalue weighted by Gasteiger charge is 2.15. The predicted molar refractivity (Wildman–Crippen MR) is 235 cm³/mol. The molecule has 7 aromatic rings. The van der Waals surface area contributed by atoms with Crippen molar-refractivity contribution >= 4 is 44.8 Å². The Morgan fingerprint density at radius 1 is 0.426 bits per heavy atom. The fourth-order valence-corrected chi connectivity index (χ4v) is 5.84. The zero-order valence-corrected chi connectivity index (χ0v) is 34.9. The van der Waals surface area contributed by atoms with E-state index in [-0.39, 0.29) is 0 Å². The van der Waals surface area contributed by atoms with E-state index in [0.29, 0.717) is 80.9 Å². The topological polar surface area (TPSA) is 159 Å². The van der Waals surface area contributed by atoms with E-state index in [1.807, 2.05) is 103 Å². The number of fused-ring (bicyclic) bond motifs is 2. The Morgan fingerprint density at radius 2 is 0.836 bits per heavy atom. The summed E-state index contributed by atoms with van der Waals surface area (Å²) >= 11 is 0. The van der Waals surface area contributed by atoms with Gasteiger partial charge >= 0.3 is 0 Å². The highest BCUT2D eigenvalue weighted by molar-refractivity contribution is 5.94. The Hall–Kier alpha value is -6.94. The number of anilines is 4. The molecule has 61 heavy (non-hydrogen) atoms. The number of hydrogen-bond donors (Lipinski definition) is 2. The van der Waals surface area contributed by atoms with Crippen molar-refractivity contribution in [2.24, 2.45) is 0 Å². The Morgan fingerprint density at radius 3 is 1.25 bits per heavy atom. The Kier molecular flexibility index (Phi) is 16.5. The summed E-state index contributed by atoms with van der Waals surface area (Å²) in [6, 6.07) is 32.7. The molecule has 2 N–H and O–H groups in total. The summed E-state index contributed by atoms with van der Waals surface area (Å²) in [6.07, 6.45) is 3.04. The smallest absolute Gasteiger partial charge is 0.163 e. The van der Waals surface area contributed by atoms with Gasteiger partial charge in [-0.1, -0.05) is 30.3 Å². The van der Waals surface area contributed by atoms with Crippen molar-refractivity contribution in [1.29, 1.82) is 0 Å². The van der Waals surface area contributed by atoms with Gasteiger partial charge < -0.3 is 53.3 Å². The molecule has 0 radical (unpaired) electrons. The third-order valence-corrected chi connectivity index (χ3v) is 8.98. The maximum Gasteiger partial charge on any atom is 0.163 e. The van der Waals surface area contributed by atoms with Crippen LogP contribution in [0.25, 0.3) is 21.8 Å². The first-order valence-electron chi connectivity index (χ1n) is 19.4. The average molecular weight is 831 g/mol. The molecule has 0 aliphatic heterocycles. The van der Waals surface area contributed by atoms with E-state index in [0.717, 1.165) is 50.2 Å². The lowest BCUT2D eigenvalue weighted by atomic mass is 10.2. The van der Waals surface area contributed by atoms with Crippen LogP contribution in [0.15, 0.2) is 116 Å². The molecule has 15 heteroatoms. The second kappa shape index (κ2) is 23.0. The highest BCUT2D eigenvalue weighted by atomic mass is 16.6. The van der Waals surface area contributed by atoms with Crippen molar-refractivity contribution in [3.8, 4) is 34.5 Å². The van der Waals surface area contributed by atoms with Gasteiger partial charge in [-0.15, -0.1) is 0 Å². The lowest BCUT2D eigenvalue weighted by Crippen LogP contribution is -2.09. The molecule has 0 aliphatic carbocycles. The third-order valence-electron chi connectivity index (χ3n) is 8.98. The molecule has 15 nitrogen and oxygen atoms in total. The van der Waals surface area contributed by atoms with Crippen LogP contribution in [0.1, 0.15) is 5.56 Å². The largest absolute Gasteiger partial charge is 0.497 e. The van der Waals surface area contributed by atoms with Gasteiger partial charge in [0.2, 0.25) is 0 Å². The fourth-order valence-electron chi connectivity index (χ4n) is 5.84. The van der Waals surface area contributed by atoms with Gasteiger partial charge in [-0.3, -0.25) is 0 Å². The van der Waals surface area contributed by atoms with E-state index in [9.17, 15) is 0 Å². The molecule has 0 spiro atoms. The quantitative estimate of drug-likeness (QED) is 0.0665. The summed E-state index contributed by atoms with van der Waals surface area (Å²) in [5.74, 6) is 5.33. The van der Waals surface area contributed by atoms with Crippen molar-refractivity contribution in [3.05, 3.63) is 121 Å². The van der Waals surface area contributed by atoms with E-state index in [2.05, 4.69) is 30.6 Å². The van der Waals surface area contributed by atoms with Crippen molar-refractivity contribution in [1.82, 2.24) is 19.9 Å². The van der Waals surface area contributed by atoms with Crippen LogP contribution in [0.2, 0.25) is 0 Å². The monoisotopic (exact) mass is 830 g/mol. The van der Waals surface area contributed by atoms with Crippen LogP contribution < -0.4 is 39.1 Å². The van der Waals surface area contributed by atoms with Gasteiger partial charge in [0.15, 0.2) is 23.0 Å². The molecule has 2 aromatic heterocycles. The van der Waals surface area contributed by atoms with E-state index < -0.39 is 0 Å².